The molecule has 1 amide bonds. The minimum atomic E-state index is -0.526. The molecule has 0 fully saturated rings. The summed E-state index contributed by atoms with van der Waals surface area (Å²) in [5, 5.41) is 11.0. The van der Waals surface area contributed by atoms with Gasteiger partial charge in [-0.05, 0) is 23.8 Å². The molecular formula is C18H15FN4O. The Morgan fingerprint density at radius 2 is 2.04 bits per heavy atom. The number of amides is 1. The average molecular weight is 322 g/mol. The molecule has 0 atom stereocenters. The topological polar surface area (TPSA) is 50.5 Å². The van der Waals surface area contributed by atoms with Crippen LogP contribution in [0.2, 0.25) is 0 Å². The van der Waals surface area contributed by atoms with Gasteiger partial charge < -0.3 is 0 Å². The largest absolute Gasteiger partial charge is 0.276 e. The number of hydrazone groups is 1. The third kappa shape index (κ3) is 2.36. The first-order valence-electron chi connectivity index (χ1n) is 7.69. The Hall–Kier alpha value is -3.02. The van der Waals surface area contributed by atoms with Gasteiger partial charge in [-0.15, -0.1) is 0 Å². The summed E-state index contributed by atoms with van der Waals surface area (Å²) < 4.78 is 15.6. The molecule has 0 saturated carbocycles. The summed E-state index contributed by atoms with van der Waals surface area (Å²) in [7, 11) is 1.89. The van der Waals surface area contributed by atoms with Crippen LogP contribution in [0.25, 0.3) is 10.9 Å². The molecule has 1 aliphatic rings. The number of hydrogen-bond donors (Lipinski definition) is 0. The van der Waals surface area contributed by atoms with E-state index in [0.29, 0.717) is 13.0 Å². The van der Waals surface area contributed by atoms with Crippen LogP contribution in [0, 0.1) is 5.82 Å². The third-order valence-electron chi connectivity index (χ3n) is 4.22. The summed E-state index contributed by atoms with van der Waals surface area (Å²) in [6.07, 6.45) is 2.45. The summed E-state index contributed by atoms with van der Waals surface area (Å²) in [4.78, 5) is 12.4. The number of carbonyl (C=O) groups excluding carboxylic acids is 1. The normalized spacial score (nSPS) is 14.2. The SMILES string of the molecule is Cn1ncc2ccc(C3=NN(C(=O)c4ccccc4F)CC3)cc21. The molecule has 0 bridgehead atoms. The number of aryl methyl sites for hydroxylation is 1. The number of halogens is 1. The number of aromatic nitrogens is 2. The van der Waals surface area contributed by atoms with E-state index in [4.69, 9.17) is 0 Å². The molecule has 3 aromatic rings. The van der Waals surface area contributed by atoms with Crippen molar-refractivity contribution < 1.29 is 9.18 Å². The Balaban J connectivity index is 1.65. The molecule has 0 unspecified atom stereocenters. The van der Waals surface area contributed by atoms with Crippen molar-refractivity contribution in [2.45, 2.75) is 6.42 Å². The van der Waals surface area contributed by atoms with Gasteiger partial charge in [0.05, 0.1) is 29.5 Å². The van der Waals surface area contributed by atoms with Crippen LogP contribution in [0.5, 0.6) is 0 Å². The molecule has 5 nitrogen and oxygen atoms in total. The molecule has 2 heterocycles. The van der Waals surface area contributed by atoms with Gasteiger partial charge in [0.15, 0.2) is 0 Å². The van der Waals surface area contributed by atoms with Crippen LogP contribution in [-0.2, 0) is 7.05 Å². The van der Waals surface area contributed by atoms with Crippen molar-refractivity contribution in [3.05, 3.63) is 65.6 Å². The Kier molecular flexibility index (Phi) is 3.37. The number of benzene rings is 2. The summed E-state index contributed by atoms with van der Waals surface area (Å²) in [6, 6.07) is 11.9. The summed E-state index contributed by atoms with van der Waals surface area (Å²) in [5.74, 6) is -0.938. The predicted octanol–water partition coefficient (Wildman–Crippen LogP) is 2.96. The zero-order valence-corrected chi connectivity index (χ0v) is 13.1. The van der Waals surface area contributed by atoms with Crippen molar-refractivity contribution in [3.8, 4) is 0 Å². The van der Waals surface area contributed by atoms with Gasteiger partial charge in [0.2, 0.25) is 0 Å². The van der Waals surface area contributed by atoms with Gasteiger partial charge in [0, 0.05) is 18.9 Å². The number of nitrogens with zero attached hydrogens (tertiary/aromatic N) is 4. The first-order chi connectivity index (χ1) is 11.6. The zero-order valence-electron chi connectivity index (χ0n) is 13.1. The molecule has 0 spiro atoms. The zero-order chi connectivity index (χ0) is 16.7. The highest BCUT2D eigenvalue weighted by molar-refractivity contribution is 6.06. The average Bonchev–Trinajstić information content (AvgIpc) is 3.22. The maximum Gasteiger partial charge on any atom is 0.276 e. The molecule has 6 heteroatoms. The van der Waals surface area contributed by atoms with Gasteiger partial charge in [-0.1, -0.05) is 24.3 Å². The fourth-order valence-corrected chi connectivity index (χ4v) is 2.90. The second-order valence-electron chi connectivity index (χ2n) is 5.75. The highest BCUT2D eigenvalue weighted by Crippen LogP contribution is 2.21. The Labute approximate surface area is 138 Å². The lowest BCUT2D eigenvalue weighted by molar-refractivity contribution is 0.0773. The lowest BCUT2D eigenvalue weighted by Gasteiger charge is -2.11. The van der Waals surface area contributed by atoms with Gasteiger partial charge in [0.1, 0.15) is 5.82 Å². The van der Waals surface area contributed by atoms with Gasteiger partial charge in [-0.2, -0.15) is 10.2 Å². The number of hydrogen-bond acceptors (Lipinski definition) is 3. The van der Waals surface area contributed by atoms with E-state index in [0.717, 1.165) is 22.2 Å². The first kappa shape index (κ1) is 14.6. The standard InChI is InChI=1S/C18H15FN4O/c1-22-17-10-12(6-7-13(17)11-20-22)16-8-9-23(21-16)18(24)14-4-2-3-5-15(14)19/h2-7,10-11H,8-9H2,1H3. The number of fused-ring (bicyclic) bond motifs is 1. The van der Waals surface area contributed by atoms with Crippen molar-refractivity contribution in [2.24, 2.45) is 12.1 Å². The van der Waals surface area contributed by atoms with E-state index in [1.807, 2.05) is 31.4 Å². The maximum absolute atomic E-state index is 13.8. The van der Waals surface area contributed by atoms with E-state index in [2.05, 4.69) is 10.2 Å². The molecular weight excluding hydrogens is 307 g/mol. The van der Waals surface area contributed by atoms with Crippen molar-refractivity contribution in [1.82, 2.24) is 14.8 Å². The van der Waals surface area contributed by atoms with Crippen molar-refractivity contribution in [2.75, 3.05) is 6.54 Å². The van der Waals surface area contributed by atoms with Gasteiger partial charge in [0.25, 0.3) is 5.91 Å². The summed E-state index contributed by atoms with van der Waals surface area (Å²) in [5.41, 5.74) is 2.83. The van der Waals surface area contributed by atoms with Crippen molar-refractivity contribution in [3.63, 3.8) is 0 Å². The molecule has 120 valence electrons. The van der Waals surface area contributed by atoms with Crippen LogP contribution in [0.1, 0.15) is 22.3 Å². The number of rotatable bonds is 2. The molecule has 0 N–H and O–H groups in total. The van der Waals surface area contributed by atoms with E-state index in [1.54, 1.807) is 16.8 Å². The highest BCUT2D eigenvalue weighted by Gasteiger charge is 2.24. The fourth-order valence-electron chi connectivity index (χ4n) is 2.90. The van der Waals surface area contributed by atoms with Crippen molar-refractivity contribution in [1.29, 1.82) is 0 Å². The molecule has 24 heavy (non-hydrogen) atoms. The minimum absolute atomic E-state index is 0.0459. The van der Waals surface area contributed by atoms with E-state index < -0.39 is 11.7 Å². The smallest absolute Gasteiger partial charge is 0.268 e. The monoisotopic (exact) mass is 322 g/mol. The van der Waals surface area contributed by atoms with Crippen LogP contribution in [0.4, 0.5) is 4.39 Å². The highest BCUT2D eigenvalue weighted by atomic mass is 19.1. The fraction of sp³-hybridized carbons (Fsp3) is 0.167. The van der Waals surface area contributed by atoms with Crippen LogP contribution >= 0.6 is 0 Å². The third-order valence-corrected chi connectivity index (χ3v) is 4.22. The molecule has 1 aromatic heterocycles. The van der Waals surface area contributed by atoms with Gasteiger partial charge >= 0.3 is 0 Å². The van der Waals surface area contributed by atoms with Gasteiger partial charge in [-0.25, -0.2) is 9.40 Å². The Morgan fingerprint density at radius 3 is 2.88 bits per heavy atom. The van der Waals surface area contributed by atoms with Crippen molar-refractivity contribution >= 4 is 22.5 Å². The first-order valence-corrected chi connectivity index (χ1v) is 7.69. The van der Waals surface area contributed by atoms with E-state index in [1.165, 1.54) is 17.1 Å². The van der Waals surface area contributed by atoms with Crippen LogP contribution in [-0.4, -0.2) is 33.0 Å². The van der Waals surface area contributed by atoms with E-state index >= 15 is 0 Å². The molecule has 2 aromatic carbocycles. The second-order valence-corrected chi connectivity index (χ2v) is 5.75. The summed E-state index contributed by atoms with van der Waals surface area (Å²) >= 11 is 0. The Bertz CT molecular complexity index is 976. The molecule has 4 rings (SSSR count). The van der Waals surface area contributed by atoms with E-state index in [9.17, 15) is 9.18 Å². The summed E-state index contributed by atoms with van der Waals surface area (Å²) in [6.45, 7) is 0.450. The molecule has 1 aliphatic heterocycles. The second kappa shape index (κ2) is 5.56. The minimum Gasteiger partial charge on any atom is -0.268 e. The molecule has 0 saturated heterocycles. The maximum atomic E-state index is 13.8. The van der Waals surface area contributed by atoms with Crippen LogP contribution in [0.15, 0.2) is 53.8 Å². The van der Waals surface area contributed by atoms with E-state index in [-0.39, 0.29) is 5.56 Å². The number of carbonyl (C=O) groups is 1. The van der Waals surface area contributed by atoms with Crippen LogP contribution < -0.4 is 0 Å². The molecule has 0 radical (unpaired) electrons. The quantitative estimate of drug-likeness (QED) is 0.728. The van der Waals surface area contributed by atoms with Crippen LogP contribution in [0.3, 0.4) is 0 Å². The Morgan fingerprint density at radius 1 is 1.21 bits per heavy atom. The predicted molar refractivity (Wildman–Crippen MR) is 89.3 cm³/mol. The van der Waals surface area contributed by atoms with Gasteiger partial charge in [-0.3, -0.25) is 9.48 Å². The lowest BCUT2D eigenvalue weighted by atomic mass is 10.1. The lowest BCUT2D eigenvalue weighted by Crippen LogP contribution is -2.24. The molecule has 0 aliphatic carbocycles.